The van der Waals surface area contributed by atoms with E-state index in [1.165, 1.54) is 12.1 Å². The van der Waals surface area contributed by atoms with Crippen molar-refractivity contribution in [1.82, 2.24) is 5.32 Å². The standard InChI is InChI=1S/C19H23FN2O3/c1-19(2,3)25-18(23)21-14-8-9-22(12-14)16-7-6-13(20)11-15(16)17-5-4-10-24-17/h4-7,10-11,14H,8-9,12H2,1-3H3,(H,21,23). The summed E-state index contributed by atoms with van der Waals surface area (Å²) in [6.45, 7) is 6.91. The van der Waals surface area contributed by atoms with Crippen LogP contribution in [0.5, 0.6) is 0 Å². The number of amides is 1. The minimum Gasteiger partial charge on any atom is -0.464 e. The molecule has 0 saturated carbocycles. The van der Waals surface area contributed by atoms with Crippen LogP contribution in [0.2, 0.25) is 0 Å². The number of anilines is 1. The molecule has 134 valence electrons. The fraction of sp³-hybridized carbons (Fsp3) is 0.421. The van der Waals surface area contributed by atoms with Gasteiger partial charge in [-0.3, -0.25) is 0 Å². The van der Waals surface area contributed by atoms with Gasteiger partial charge in [0.15, 0.2) is 0 Å². The second kappa shape index (κ2) is 6.78. The highest BCUT2D eigenvalue weighted by atomic mass is 19.1. The van der Waals surface area contributed by atoms with E-state index >= 15 is 0 Å². The maximum absolute atomic E-state index is 13.7. The Bertz CT molecular complexity index is 738. The Morgan fingerprint density at radius 3 is 2.84 bits per heavy atom. The molecule has 1 aromatic carbocycles. The Morgan fingerprint density at radius 1 is 1.36 bits per heavy atom. The van der Waals surface area contributed by atoms with E-state index in [4.69, 9.17) is 9.15 Å². The number of alkyl carbamates (subject to hydrolysis) is 1. The van der Waals surface area contributed by atoms with E-state index < -0.39 is 11.7 Å². The molecule has 0 bridgehead atoms. The Kier molecular flexibility index (Phi) is 4.70. The van der Waals surface area contributed by atoms with Crippen LogP contribution in [0.15, 0.2) is 41.0 Å². The maximum atomic E-state index is 13.7. The molecular weight excluding hydrogens is 323 g/mol. The third-order valence-electron chi connectivity index (χ3n) is 4.00. The summed E-state index contributed by atoms with van der Waals surface area (Å²) in [5.41, 5.74) is 1.08. The Labute approximate surface area is 146 Å². The number of hydrogen-bond donors (Lipinski definition) is 1. The summed E-state index contributed by atoms with van der Waals surface area (Å²) >= 11 is 0. The topological polar surface area (TPSA) is 54.7 Å². The van der Waals surface area contributed by atoms with Gasteiger partial charge >= 0.3 is 6.09 Å². The molecule has 1 fully saturated rings. The van der Waals surface area contributed by atoms with E-state index in [1.807, 2.05) is 26.8 Å². The molecule has 1 aromatic heterocycles. The summed E-state index contributed by atoms with van der Waals surface area (Å²) in [7, 11) is 0. The van der Waals surface area contributed by atoms with Crippen LogP contribution < -0.4 is 10.2 Å². The van der Waals surface area contributed by atoms with Gasteiger partial charge in [0, 0.05) is 24.3 Å². The number of benzene rings is 1. The van der Waals surface area contributed by atoms with Crippen molar-refractivity contribution in [2.45, 2.75) is 38.8 Å². The van der Waals surface area contributed by atoms with Crippen molar-refractivity contribution < 1.29 is 18.3 Å². The lowest BCUT2D eigenvalue weighted by atomic mass is 10.1. The molecule has 1 saturated heterocycles. The first kappa shape index (κ1) is 17.3. The maximum Gasteiger partial charge on any atom is 0.407 e. The predicted molar refractivity (Wildman–Crippen MR) is 94.1 cm³/mol. The Morgan fingerprint density at radius 2 is 2.16 bits per heavy atom. The molecule has 1 N–H and O–H groups in total. The number of hydrogen-bond acceptors (Lipinski definition) is 4. The molecule has 1 aliphatic heterocycles. The molecule has 1 aliphatic rings. The molecule has 3 rings (SSSR count). The zero-order chi connectivity index (χ0) is 18.0. The van der Waals surface area contributed by atoms with E-state index in [2.05, 4.69) is 10.2 Å². The van der Waals surface area contributed by atoms with Gasteiger partial charge in [-0.25, -0.2) is 9.18 Å². The van der Waals surface area contributed by atoms with Gasteiger partial charge in [0.2, 0.25) is 0 Å². The van der Waals surface area contributed by atoms with E-state index in [0.717, 1.165) is 18.7 Å². The minimum absolute atomic E-state index is 0.00986. The van der Waals surface area contributed by atoms with Crippen LogP contribution in [-0.2, 0) is 4.74 Å². The summed E-state index contributed by atoms with van der Waals surface area (Å²) in [5.74, 6) is 0.316. The molecule has 1 atom stereocenters. The van der Waals surface area contributed by atoms with Gasteiger partial charge in [0.05, 0.1) is 12.3 Å². The zero-order valence-corrected chi connectivity index (χ0v) is 14.7. The first-order valence-corrected chi connectivity index (χ1v) is 8.40. The SMILES string of the molecule is CC(C)(C)OC(=O)NC1CCN(c2ccc(F)cc2-c2ccco2)C1. The third-order valence-corrected chi connectivity index (χ3v) is 4.00. The molecule has 1 amide bonds. The van der Waals surface area contributed by atoms with Crippen LogP contribution in [0.1, 0.15) is 27.2 Å². The number of carbonyl (C=O) groups excluding carboxylic acids is 1. The molecule has 6 heteroatoms. The molecule has 0 aliphatic carbocycles. The summed E-state index contributed by atoms with van der Waals surface area (Å²) in [6.07, 6.45) is 1.96. The van der Waals surface area contributed by atoms with Crippen LogP contribution in [0.3, 0.4) is 0 Å². The van der Waals surface area contributed by atoms with Gasteiger partial charge in [-0.15, -0.1) is 0 Å². The van der Waals surface area contributed by atoms with Crippen molar-refractivity contribution in [3.8, 4) is 11.3 Å². The minimum atomic E-state index is -0.522. The van der Waals surface area contributed by atoms with E-state index in [-0.39, 0.29) is 11.9 Å². The highest BCUT2D eigenvalue weighted by Gasteiger charge is 2.28. The fourth-order valence-corrected chi connectivity index (χ4v) is 2.98. The lowest BCUT2D eigenvalue weighted by Crippen LogP contribution is -2.40. The first-order chi connectivity index (χ1) is 11.8. The number of furan rings is 1. The molecule has 2 aromatic rings. The smallest absolute Gasteiger partial charge is 0.407 e. The van der Waals surface area contributed by atoms with Gasteiger partial charge in [-0.05, 0) is 57.5 Å². The molecular formula is C19H23FN2O3. The van der Waals surface area contributed by atoms with Crippen LogP contribution in [0.4, 0.5) is 14.9 Å². The molecule has 2 heterocycles. The number of ether oxygens (including phenoxy) is 1. The highest BCUT2D eigenvalue weighted by Crippen LogP contribution is 2.33. The van der Waals surface area contributed by atoms with Gasteiger partial charge in [0.25, 0.3) is 0 Å². The summed E-state index contributed by atoms with van der Waals surface area (Å²) in [6, 6.07) is 8.25. The van der Waals surface area contributed by atoms with E-state index in [1.54, 1.807) is 18.4 Å². The van der Waals surface area contributed by atoms with Crippen LogP contribution in [0.25, 0.3) is 11.3 Å². The van der Waals surface area contributed by atoms with Crippen molar-refractivity contribution in [2.24, 2.45) is 0 Å². The predicted octanol–water partition coefficient (Wildman–Crippen LogP) is 4.19. The largest absolute Gasteiger partial charge is 0.464 e. The number of rotatable bonds is 3. The molecule has 1 unspecified atom stereocenters. The number of nitrogens with zero attached hydrogens (tertiary/aromatic N) is 1. The van der Waals surface area contributed by atoms with Crippen molar-refractivity contribution in [3.05, 3.63) is 42.4 Å². The number of carbonyl (C=O) groups is 1. The number of nitrogens with one attached hydrogen (secondary N) is 1. The second-order valence-corrected chi connectivity index (χ2v) is 7.22. The molecule has 0 spiro atoms. The van der Waals surface area contributed by atoms with Crippen molar-refractivity contribution in [1.29, 1.82) is 0 Å². The summed E-state index contributed by atoms with van der Waals surface area (Å²) in [4.78, 5) is 14.1. The van der Waals surface area contributed by atoms with Gasteiger partial charge < -0.3 is 19.4 Å². The monoisotopic (exact) mass is 346 g/mol. The van der Waals surface area contributed by atoms with Crippen LogP contribution >= 0.6 is 0 Å². The zero-order valence-electron chi connectivity index (χ0n) is 14.7. The summed E-state index contributed by atoms with van der Waals surface area (Å²) in [5, 5.41) is 2.90. The van der Waals surface area contributed by atoms with Gasteiger partial charge in [-0.2, -0.15) is 0 Å². The normalized spacial score (nSPS) is 17.6. The van der Waals surface area contributed by atoms with Crippen molar-refractivity contribution in [3.63, 3.8) is 0 Å². The van der Waals surface area contributed by atoms with Gasteiger partial charge in [-0.1, -0.05) is 0 Å². The summed E-state index contributed by atoms with van der Waals surface area (Å²) < 4.78 is 24.4. The van der Waals surface area contributed by atoms with Crippen LogP contribution in [0, 0.1) is 5.82 Å². The highest BCUT2D eigenvalue weighted by molar-refractivity contribution is 5.76. The van der Waals surface area contributed by atoms with Gasteiger partial charge in [0.1, 0.15) is 17.2 Å². The van der Waals surface area contributed by atoms with Crippen molar-refractivity contribution >= 4 is 11.8 Å². The third kappa shape index (κ3) is 4.32. The Balaban J connectivity index is 1.71. The van der Waals surface area contributed by atoms with Crippen LogP contribution in [-0.4, -0.2) is 30.8 Å². The molecule has 5 nitrogen and oxygen atoms in total. The second-order valence-electron chi connectivity index (χ2n) is 7.22. The fourth-order valence-electron chi connectivity index (χ4n) is 2.98. The van der Waals surface area contributed by atoms with E-state index in [9.17, 15) is 9.18 Å². The quantitative estimate of drug-likeness (QED) is 0.905. The first-order valence-electron chi connectivity index (χ1n) is 8.40. The average molecular weight is 346 g/mol. The molecule has 25 heavy (non-hydrogen) atoms. The average Bonchev–Trinajstić information content (AvgIpc) is 3.16. The lowest BCUT2D eigenvalue weighted by molar-refractivity contribution is 0.0509. The van der Waals surface area contributed by atoms with Crippen molar-refractivity contribution in [2.75, 3.05) is 18.0 Å². The van der Waals surface area contributed by atoms with E-state index in [0.29, 0.717) is 17.9 Å². The number of halogens is 1. The lowest BCUT2D eigenvalue weighted by Gasteiger charge is -2.23. The molecule has 0 radical (unpaired) electrons. The Hall–Kier alpha value is -2.50.